The van der Waals surface area contributed by atoms with Crippen LogP contribution in [0.4, 0.5) is 0 Å². The fourth-order valence-electron chi connectivity index (χ4n) is 2.43. The molecule has 0 unspecified atom stereocenters. The monoisotopic (exact) mass is 265 g/mol. The number of rotatable bonds is 4. The summed E-state index contributed by atoms with van der Waals surface area (Å²) in [5.74, 6) is 1.57. The first kappa shape index (κ1) is 11.5. The van der Waals surface area contributed by atoms with Gasteiger partial charge in [-0.1, -0.05) is 30.3 Å². The molecule has 2 aromatic heterocycles. The van der Waals surface area contributed by atoms with Crippen molar-refractivity contribution in [1.82, 2.24) is 14.6 Å². The van der Waals surface area contributed by atoms with Gasteiger partial charge in [0.15, 0.2) is 5.65 Å². The van der Waals surface area contributed by atoms with E-state index in [-0.39, 0.29) is 0 Å². The second-order valence-corrected chi connectivity index (χ2v) is 5.24. The van der Waals surface area contributed by atoms with E-state index < -0.39 is 0 Å². The molecule has 4 heteroatoms. The molecular formula is C16H15N3O. The van der Waals surface area contributed by atoms with Gasteiger partial charge in [-0.3, -0.25) is 4.40 Å². The maximum Gasteiger partial charge on any atom is 0.164 e. The van der Waals surface area contributed by atoms with Crippen LogP contribution < -0.4 is 4.74 Å². The van der Waals surface area contributed by atoms with Gasteiger partial charge in [0.25, 0.3) is 0 Å². The second kappa shape index (κ2) is 4.63. The first-order valence-corrected chi connectivity index (χ1v) is 6.90. The van der Waals surface area contributed by atoms with Gasteiger partial charge in [-0.15, -0.1) is 10.2 Å². The summed E-state index contributed by atoms with van der Waals surface area (Å²) < 4.78 is 7.98. The largest absolute Gasteiger partial charge is 0.488 e. The highest BCUT2D eigenvalue weighted by atomic mass is 16.5. The van der Waals surface area contributed by atoms with Crippen LogP contribution >= 0.6 is 0 Å². The summed E-state index contributed by atoms with van der Waals surface area (Å²) in [6.07, 6.45) is 6.33. The number of nitrogens with zero attached hydrogens (tertiary/aromatic N) is 3. The molecule has 1 saturated carbocycles. The maximum absolute atomic E-state index is 6.02. The molecule has 0 spiro atoms. The van der Waals surface area contributed by atoms with Gasteiger partial charge in [0.05, 0.1) is 0 Å². The fraction of sp³-hybridized carbons (Fsp3) is 0.250. The summed E-state index contributed by atoms with van der Waals surface area (Å²) >= 11 is 0. The molecular weight excluding hydrogens is 250 g/mol. The van der Waals surface area contributed by atoms with Crippen LogP contribution in [0.1, 0.15) is 29.9 Å². The Balaban J connectivity index is 1.65. The Morgan fingerprint density at radius 3 is 2.85 bits per heavy atom. The lowest BCUT2D eigenvalue weighted by Crippen LogP contribution is -2.00. The van der Waals surface area contributed by atoms with Crippen molar-refractivity contribution >= 4 is 5.65 Å². The van der Waals surface area contributed by atoms with Crippen LogP contribution in [0.2, 0.25) is 0 Å². The minimum atomic E-state index is 0.588. The van der Waals surface area contributed by atoms with Gasteiger partial charge in [-0.05, 0) is 24.3 Å². The number of ether oxygens (including phenoxy) is 1. The molecule has 4 rings (SSSR count). The van der Waals surface area contributed by atoms with Gasteiger partial charge in [0.2, 0.25) is 0 Å². The van der Waals surface area contributed by atoms with E-state index in [2.05, 4.69) is 28.5 Å². The van der Waals surface area contributed by atoms with Crippen molar-refractivity contribution in [1.29, 1.82) is 0 Å². The van der Waals surface area contributed by atoms with E-state index in [1.807, 2.05) is 28.7 Å². The smallest absolute Gasteiger partial charge is 0.164 e. The zero-order valence-corrected chi connectivity index (χ0v) is 11.1. The SMILES string of the molecule is c1ccc(COc2cc3nncn3cc2C2CC2)cc1. The van der Waals surface area contributed by atoms with Crippen molar-refractivity contribution < 1.29 is 4.74 Å². The molecule has 0 atom stereocenters. The van der Waals surface area contributed by atoms with Gasteiger partial charge in [0.1, 0.15) is 18.7 Å². The predicted molar refractivity (Wildman–Crippen MR) is 75.7 cm³/mol. The van der Waals surface area contributed by atoms with E-state index in [0.717, 1.165) is 11.4 Å². The first-order valence-electron chi connectivity index (χ1n) is 6.90. The molecule has 0 saturated heterocycles. The highest BCUT2D eigenvalue weighted by molar-refractivity contribution is 5.49. The highest BCUT2D eigenvalue weighted by Crippen LogP contribution is 2.44. The molecule has 0 bridgehead atoms. The van der Waals surface area contributed by atoms with E-state index in [9.17, 15) is 0 Å². The lowest BCUT2D eigenvalue weighted by Gasteiger charge is -2.11. The number of pyridine rings is 1. The number of fused-ring (bicyclic) bond motifs is 1. The molecule has 0 amide bonds. The molecule has 2 heterocycles. The van der Waals surface area contributed by atoms with Crippen molar-refractivity contribution in [2.45, 2.75) is 25.4 Å². The Bertz CT molecular complexity index is 732. The third-order valence-electron chi connectivity index (χ3n) is 3.68. The number of hydrogen-bond acceptors (Lipinski definition) is 3. The molecule has 4 nitrogen and oxygen atoms in total. The molecule has 1 aliphatic carbocycles. The van der Waals surface area contributed by atoms with Crippen LogP contribution in [0.25, 0.3) is 5.65 Å². The summed E-state index contributed by atoms with van der Waals surface area (Å²) in [6, 6.07) is 12.2. The average Bonchev–Trinajstić information content (AvgIpc) is 3.24. The Morgan fingerprint density at radius 1 is 1.20 bits per heavy atom. The minimum absolute atomic E-state index is 0.588. The summed E-state index contributed by atoms with van der Waals surface area (Å²) in [5.41, 5.74) is 3.28. The third-order valence-corrected chi connectivity index (χ3v) is 3.68. The number of benzene rings is 1. The number of hydrogen-bond donors (Lipinski definition) is 0. The van der Waals surface area contributed by atoms with Crippen LogP contribution in [-0.4, -0.2) is 14.6 Å². The molecule has 100 valence electrons. The van der Waals surface area contributed by atoms with E-state index in [1.165, 1.54) is 24.0 Å². The zero-order valence-electron chi connectivity index (χ0n) is 11.1. The topological polar surface area (TPSA) is 39.4 Å². The molecule has 20 heavy (non-hydrogen) atoms. The molecule has 1 aliphatic rings. The van der Waals surface area contributed by atoms with Gasteiger partial charge >= 0.3 is 0 Å². The Kier molecular flexibility index (Phi) is 2.66. The summed E-state index contributed by atoms with van der Waals surface area (Å²) in [4.78, 5) is 0. The van der Waals surface area contributed by atoms with Crippen LogP contribution in [-0.2, 0) is 6.61 Å². The zero-order chi connectivity index (χ0) is 13.4. The van der Waals surface area contributed by atoms with E-state index in [0.29, 0.717) is 12.5 Å². The van der Waals surface area contributed by atoms with E-state index in [4.69, 9.17) is 4.74 Å². The average molecular weight is 265 g/mol. The molecule has 0 radical (unpaired) electrons. The molecule has 3 aromatic rings. The Labute approximate surface area is 117 Å². The third kappa shape index (κ3) is 2.13. The lowest BCUT2D eigenvalue weighted by atomic mass is 10.1. The van der Waals surface area contributed by atoms with Crippen LogP contribution in [0.5, 0.6) is 5.75 Å². The van der Waals surface area contributed by atoms with Crippen molar-refractivity contribution in [3.05, 3.63) is 60.0 Å². The van der Waals surface area contributed by atoms with Gasteiger partial charge in [-0.25, -0.2) is 0 Å². The predicted octanol–water partition coefficient (Wildman–Crippen LogP) is 3.19. The Morgan fingerprint density at radius 2 is 2.05 bits per heavy atom. The fourth-order valence-corrected chi connectivity index (χ4v) is 2.43. The summed E-state index contributed by atoms with van der Waals surface area (Å²) in [6.45, 7) is 0.588. The van der Waals surface area contributed by atoms with Gasteiger partial charge in [0, 0.05) is 17.8 Å². The highest BCUT2D eigenvalue weighted by Gasteiger charge is 2.27. The second-order valence-electron chi connectivity index (χ2n) is 5.24. The van der Waals surface area contributed by atoms with Crippen molar-refractivity contribution in [2.24, 2.45) is 0 Å². The van der Waals surface area contributed by atoms with Crippen molar-refractivity contribution in [3.8, 4) is 5.75 Å². The molecule has 1 aromatic carbocycles. The van der Waals surface area contributed by atoms with Crippen molar-refractivity contribution in [3.63, 3.8) is 0 Å². The standard InChI is InChI=1S/C16H15N3O/c1-2-4-12(5-3-1)10-20-15-8-16-18-17-11-19(16)9-14(15)13-6-7-13/h1-5,8-9,11,13H,6-7,10H2. The van der Waals surface area contributed by atoms with Crippen LogP contribution in [0, 0.1) is 0 Å². The minimum Gasteiger partial charge on any atom is -0.488 e. The van der Waals surface area contributed by atoms with Crippen LogP contribution in [0.15, 0.2) is 48.9 Å². The van der Waals surface area contributed by atoms with Crippen LogP contribution in [0.3, 0.4) is 0 Å². The van der Waals surface area contributed by atoms with E-state index in [1.54, 1.807) is 6.33 Å². The number of aromatic nitrogens is 3. The van der Waals surface area contributed by atoms with Gasteiger partial charge in [-0.2, -0.15) is 0 Å². The van der Waals surface area contributed by atoms with Gasteiger partial charge < -0.3 is 4.74 Å². The lowest BCUT2D eigenvalue weighted by molar-refractivity contribution is 0.303. The molecule has 1 fully saturated rings. The summed E-state index contributed by atoms with van der Waals surface area (Å²) in [5, 5.41) is 8.03. The molecule has 0 N–H and O–H groups in total. The quantitative estimate of drug-likeness (QED) is 0.727. The maximum atomic E-state index is 6.02. The Hall–Kier alpha value is -2.36. The summed E-state index contributed by atoms with van der Waals surface area (Å²) in [7, 11) is 0. The van der Waals surface area contributed by atoms with Crippen molar-refractivity contribution in [2.75, 3.05) is 0 Å². The van der Waals surface area contributed by atoms with E-state index >= 15 is 0 Å². The molecule has 0 aliphatic heterocycles. The normalized spacial score (nSPS) is 14.6. The first-order chi connectivity index (χ1) is 9.90.